The smallest absolute Gasteiger partial charge is 0.349 e. The standard InChI is InChI=1S/C20H17ClN4O2/c1-12-18(19-22-13(2)23-20(26)25(19)24-12)16-9-8-15(10-17(16)21)27-11-14-6-4-3-5-7-14/h3-10H,11H2,1-2H3,(H,22,23,26). The minimum absolute atomic E-state index is 0.328. The highest BCUT2D eigenvalue weighted by Gasteiger charge is 2.18. The van der Waals surface area contributed by atoms with Crippen LogP contribution in [-0.4, -0.2) is 19.6 Å². The fraction of sp³-hybridized carbons (Fsp3) is 0.150. The van der Waals surface area contributed by atoms with Gasteiger partial charge >= 0.3 is 5.69 Å². The van der Waals surface area contributed by atoms with E-state index in [1.165, 1.54) is 4.52 Å². The van der Waals surface area contributed by atoms with Gasteiger partial charge in [0.25, 0.3) is 0 Å². The molecular weight excluding hydrogens is 364 g/mol. The van der Waals surface area contributed by atoms with E-state index in [-0.39, 0.29) is 5.69 Å². The molecule has 0 aliphatic rings. The van der Waals surface area contributed by atoms with Crippen LogP contribution in [0.25, 0.3) is 16.8 Å². The van der Waals surface area contributed by atoms with Crippen molar-refractivity contribution in [3.8, 4) is 16.9 Å². The van der Waals surface area contributed by atoms with Gasteiger partial charge in [0.15, 0.2) is 5.65 Å². The molecule has 7 heteroatoms. The van der Waals surface area contributed by atoms with Gasteiger partial charge in [0, 0.05) is 5.56 Å². The lowest BCUT2D eigenvalue weighted by atomic mass is 10.1. The summed E-state index contributed by atoms with van der Waals surface area (Å²) in [5.41, 5.74) is 3.41. The number of nitrogens with zero attached hydrogens (tertiary/aromatic N) is 3. The van der Waals surface area contributed by atoms with Crippen LogP contribution in [0.2, 0.25) is 5.02 Å². The van der Waals surface area contributed by atoms with Crippen molar-refractivity contribution in [1.29, 1.82) is 0 Å². The summed E-state index contributed by atoms with van der Waals surface area (Å²) in [6.07, 6.45) is 0. The van der Waals surface area contributed by atoms with E-state index in [1.807, 2.05) is 49.4 Å². The van der Waals surface area contributed by atoms with Crippen molar-refractivity contribution in [3.05, 3.63) is 81.1 Å². The van der Waals surface area contributed by atoms with Gasteiger partial charge in [0.05, 0.1) is 16.3 Å². The predicted octanol–water partition coefficient (Wildman–Crippen LogP) is 3.93. The van der Waals surface area contributed by atoms with Crippen molar-refractivity contribution in [2.24, 2.45) is 0 Å². The molecule has 2 heterocycles. The minimum atomic E-state index is -0.328. The number of ether oxygens (including phenoxy) is 1. The molecule has 0 fully saturated rings. The lowest BCUT2D eigenvalue weighted by Gasteiger charge is -2.09. The van der Waals surface area contributed by atoms with Crippen LogP contribution in [0, 0.1) is 13.8 Å². The number of hydrogen-bond acceptors (Lipinski definition) is 4. The molecule has 4 aromatic rings. The van der Waals surface area contributed by atoms with Crippen LogP contribution in [0.3, 0.4) is 0 Å². The highest BCUT2D eigenvalue weighted by atomic mass is 35.5. The molecule has 0 unspecified atom stereocenters. The summed E-state index contributed by atoms with van der Waals surface area (Å²) < 4.78 is 7.08. The first-order valence-electron chi connectivity index (χ1n) is 8.46. The van der Waals surface area contributed by atoms with Crippen molar-refractivity contribution >= 4 is 17.2 Å². The number of rotatable bonds is 4. The Balaban J connectivity index is 1.70. The monoisotopic (exact) mass is 380 g/mol. The van der Waals surface area contributed by atoms with E-state index < -0.39 is 0 Å². The largest absolute Gasteiger partial charge is 0.489 e. The van der Waals surface area contributed by atoms with E-state index in [0.717, 1.165) is 16.7 Å². The molecule has 2 aromatic heterocycles. The molecule has 4 rings (SSSR count). The van der Waals surface area contributed by atoms with Gasteiger partial charge < -0.3 is 4.74 Å². The van der Waals surface area contributed by atoms with Gasteiger partial charge in [-0.15, -0.1) is 0 Å². The molecule has 0 saturated carbocycles. The third kappa shape index (κ3) is 3.31. The molecule has 1 N–H and O–H groups in total. The average Bonchev–Trinajstić information content (AvgIpc) is 2.97. The first-order chi connectivity index (χ1) is 13.0. The number of fused-ring (bicyclic) bond motifs is 1. The quantitative estimate of drug-likeness (QED) is 0.582. The second-order valence-corrected chi connectivity index (χ2v) is 6.65. The molecule has 0 saturated heterocycles. The number of aromatic nitrogens is 4. The third-order valence-electron chi connectivity index (χ3n) is 4.25. The number of H-pyrrole nitrogens is 1. The van der Waals surface area contributed by atoms with Crippen LogP contribution in [0.1, 0.15) is 17.1 Å². The summed E-state index contributed by atoms with van der Waals surface area (Å²) >= 11 is 6.52. The minimum Gasteiger partial charge on any atom is -0.489 e. The van der Waals surface area contributed by atoms with Crippen molar-refractivity contribution in [1.82, 2.24) is 19.6 Å². The normalized spacial score (nSPS) is 11.1. The molecular formula is C20H17ClN4O2. The first kappa shape index (κ1) is 17.3. The molecule has 27 heavy (non-hydrogen) atoms. The zero-order chi connectivity index (χ0) is 19.0. The van der Waals surface area contributed by atoms with E-state index >= 15 is 0 Å². The summed E-state index contributed by atoms with van der Waals surface area (Å²) in [6.45, 7) is 4.02. The summed E-state index contributed by atoms with van der Waals surface area (Å²) in [4.78, 5) is 19.2. The number of nitrogens with one attached hydrogen (secondary N) is 1. The second-order valence-electron chi connectivity index (χ2n) is 6.24. The lowest BCUT2D eigenvalue weighted by Crippen LogP contribution is -2.19. The molecule has 6 nitrogen and oxygen atoms in total. The molecule has 0 aliphatic heterocycles. The Morgan fingerprint density at radius 3 is 2.67 bits per heavy atom. The summed E-state index contributed by atoms with van der Waals surface area (Å²) in [6, 6.07) is 15.4. The van der Waals surface area contributed by atoms with E-state index in [4.69, 9.17) is 16.3 Å². The van der Waals surface area contributed by atoms with E-state index in [1.54, 1.807) is 13.0 Å². The van der Waals surface area contributed by atoms with Crippen LogP contribution in [0.15, 0.2) is 53.3 Å². The van der Waals surface area contributed by atoms with Crippen LogP contribution in [0.4, 0.5) is 0 Å². The summed E-state index contributed by atoms with van der Waals surface area (Å²) in [5.74, 6) is 1.19. The highest BCUT2D eigenvalue weighted by Crippen LogP contribution is 2.35. The molecule has 0 spiro atoms. The number of halogens is 1. The van der Waals surface area contributed by atoms with Gasteiger partial charge in [-0.25, -0.2) is 9.78 Å². The van der Waals surface area contributed by atoms with Gasteiger partial charge in [-0.3, -0.25) is 4.98 Å². The van der Waals surface area contributed by atoms with Gasteiger partial charge in [0.2, 0.25) is 0 Å². The Bertz CT molecular complexity index is 1180. The highest BCUT2D eigenvalue weighted by molar-refractivity contribution is 6.33. The maximum absolute atomic E-state index is 12.1. The maximum atomic E-state index is 12.1. The van der Waals surface area contributed by atoms with Crippen LogP contribution >= 0.6 is 11.6 Å². The van der Waals surface area contributed by atoms with E-state index in [9.17, 15) is 4.79 Å². The molecule has 0 aliphatic carbocycles. The molecule has 0 amide bonds. The number of aromatic amines is 1. The maximum Gasteiger partial charge on any atom is 0.349 e. The fourth-order valence-electron chi connectivity index (χ4n) is 3.00. The van der Waals surface area contributed by atoms with Crippen LogP contribution < -0.4 is 10.4 Å². The lowest BCUT2D eigenvalue weighted by molar-refractivity contribution is 0.306. The number of aryl methyl sites for hydroxylation is 2. The zero-order valence-electron chi connectivity index (χ0n) is 14.9. The van der Waals surface area contributed by atoms with Crippen LogP contribution in [0.5, 0.6) is 5.75 Å². The molecule has 0 radical (unpaired) electrons. The molecule has 0 bridgehead atoms. The van der Waals surface area contributed by atoms with Crippen molar-refractivity contribution in [3.63, 3.8) is 0 Å². The molecule has 2 aromatic carbocycles. The summed E-state index contributed by atoms with van der Waals surface area (Å²) in [5, 5.41) is 4.80. The Morgan fingerprint density at radius 2 is 1.93 bits per heavy atom. The zero-order valence-corrected chi connectivity index (χ0v) is 15.6. The molecule has 0 atom stereocenters. The topological polar surface area (TPSA) is 72.3 Å². The summed E-state index contributed by atoms with van der Waals surface area (Å²) in [7, 11) is 0. The fourth-order valence-corrected chi connectivity index (χ4v) is 3.26. The average molecular weight is 381 g/mol. The van der Waals surface area contributed by atoms with Gasteiger partial charge in [-0.05, 0) is 37.6 Å². The predicted molar refractivity (Wildman–Crippen MR) is 104 cm³/mol. The van der Waals surface area contributed by atoms with E-state index in [2.05, 4.69) is 15.1 Å². The van der Waals surface area contributed by atoms with Gasteiger partial charge in [-0.1, -0.05) is 41.9 Å². The SMILES string of the molecule is Cc1nc2c(-c3ccc(OCc4ccccc4)cc3Cl)c(C)nn2c(=O)[nH]1. The third-order valence-corrected chi connectivity index (χ3v) is 4.56. The number of hydrogen-bond donors (Lipinski definition) is 1. The Labute approximate surface area is 160 Å². The van der Waals surface area contributed by atoms with Crippen LogP contribution in [-0.2, 0) is 6.61 Å². The van der Waals surface area contributed by atoms with Crippen molar-refractivity contribution in [2.75, 3.05) is 0 Å². The Morgan fingerprint density at radius 1 is 1.15 bits per heavy atom. The Hall–Kier alpha value is -3.12. The molecule has 136 valence electrons. The van der Waals surface area contributed by atoms with Crippen molar-refractivity contribution in [2.45, 2.75) is 20.5 Å². The van der Waals surface area contributed by atoms with Gasteiger partial charge in [-0.2, -0.15) is 9.61 Å². The number of benzene rings is 2. The van der Waals surface area contributed by atoms with Crippen molar-refractivity contribution < 1.29 is 4.74 Å². The van der Waals surface area contributed by atoms with Gasteiger partial charge in [0.1, 0.15) is 18.2 Å². The Kier molecular flexibility index (Phi) is 4.41. The first-order valence-corrected chi connectivity index (χ1v) is 8.83. The van der Waals surface area contributed by atoms with E-state index in [0.29, 0.717) is 34.5 Å². The second kappa shape index (κ2) is 6.89.